The number of carbonyl (C=O) groups excluding carboxylic acids is 1. The Kier molecular flexibility index (Phi) is 2.41. The number of aryl methyl sites for hydroxylation is 2. The summed E-state index contributed by atoms with van der Waals surface area (Å²) in [6.07, 6.45) is 3.42. The molecule has 64 valence electrons. The van der Waals surface area contributed by atoms with E-state index in [-0.39, 0.29) is 6.04 Å². The molecule has 4 nitrogen and oxygen atoms in total. The second kappa shape index (κ2) is 3.32. The molecule has 1 atom stereocenters. The van der Waals surface area contributed by atoms with E-state index in [1.165, 1.54) is 6.08 Å². The molecule has 1 heterocycles. The van der Waals surface area contributed by atoms with Gasteiger partial charge in [-0.15, -0.1) is 0 Å². The molecule has 0 saturated carbocycles. The predicted molar refractivity (Wildman–Crippen MR) is 44.5 cm³/mol. The molecule has 0 bridgehead atoms. The maximum absolute atomic E-state index is 9.98. The van der Waals surface area contributed by atoms with Crippen LogP contribution >= 0.6 is 0 Å². The Balaban J connectivity index is 3.01. The molecular formula is C8H11N3O. The molecule has 0 amide bonds. The predicted octanol–water partition coefficient (Wildman–Crippen LogP) is 1.13. The van der Waals surface area contributed by atoms with E-state index in [0.717, 1.165) is 11.3 Å². The van der Waals surface area contributed by atoms with Crippen LogP contribution in [0.5, 0.6) is 0 Å². The third-order valence-corrected chi connectivity index (χ3v) is 1.69. The molecule has 0 aliphatic rings. The maximum Gasteiger partial charge on any atom is 0.235 e. The fraction of sp³-hybridized carbons (Fsp3) is 0.500. The van der Waals surface area contributed by atoms with E-state index < -0.39 is 0 Å². The molecule has 0 aliphatic carbocycles. The van der Waals surface area contributed by atoms with Crippen molar-refractivity contribution in [3.05, 3.63) is 17.5 Å². The summed E-state index contributed by atoms with van der Waals surface area (Å²) < 4.78 is 1.71. The van der Waals surface area contributed by atoms with E-state index in [1.54, 1.807) is 4.68 Å². The number of hydrogen-bond donors (Lipinski definition) is 0. The Hall–Kier alpha value is -1.41. The average Bonchev–Trinajstić information content (AvgIpc) is 2.30. The van der Waals surface area contributed by atoms with Gasteiger partial charge in [0.1, 0.15) is 6.04 Å². The molecule has 0 N–H and O–H groups in total. The molecular weight excluding hydrogens is 154 g/mol. The van der Waals surface area contributed by atoms with E-state index in [4.69, 9.17) is 0 Å². The largest absolute Gasteiger partial charge is 0.275 e. The lowest BCUT2D eigenvalue weighted by Gasteiger charge is -1.99. The summed E-state index contributed by atoms with van der Waals surface area (Å²) >= 11 is 0. The van der Waals surface area contributed by atoms with Gasteiger partial charge in [0.05, 0.1) is 5.69 Å². The van der Waals surface area contributed by atoms with Crippen LogP contribution in [0.3, 0.4) is 0 Å². The third kappa shape index (κ3) is 1.60. The van der Waals surface area contributed by atoms with Crippen molar-refractivity contribution in [2.24, 2.45) is 12.0 Å². The lowest BCUT2D eigenvalue weighted by molar-refractivity contribution is 0.558. The van der Waals surface area contributed by atoms with Crippen LogP contribution < -0.4 is 0 Å². The molecule has 1 aromatic rings. The zero-order valence-electron chi connectivity index (χ0n) is 7.40. The van der Waals surface area contributed by atoms with Gasteiger partial charge >= 0.3 is 0 Å². The van der Waals surface area contributed by atoms with Crippen molar-refractivity contribution >= 4 is 6.08 Å². The highest BCUT2D eigenvalue weighted by molar-refractivity contribution is 5.35. The highest BCUT2D eigenvalue weighted by Gasteiger charge is 2.10. The van der Waals surface area contributed by atoms with E-state index in [0.29, 0.717) is 0 Å². The lowest BCUT2D eigenvalue weighted by Crippen LogP contribution is -1.94. The molecule has 1 aromatic heterocycles. The summed E-state index contributed by atoms with van der Waals surface area (Å²) in [7, 11) is 1.84. The molecule has 0 aliphatic heterocycles. The van der Waals surface area contributed by atoms with Gasteiger partial charge in [-0.3, -0.25) is 4.68 Å². The molecule has 1 rings (SSSR count). The van der Waals surface area contributed by atoms with Crippen molar-refractivity contribution < 1.29 is 4.79 Å². The van der Waals surface area contributed by atoms with Gasteiger partial charge in [-0.2, -0.15) is 10.1 Å². The minimum absolute atomic E-state index is 0.191. The van der Waals surface area contributed by atoms with Crippen LogP contribution in [0.15, 0.2) is 11.2 Å². The van der Waals surface area contributed by atoms with E-state index in [1.807, 2.05) is 27.1 Å². The average molecular weight is 165 g/mol. The molecule has 0 aromatic carbocycles. The summed E-state index contributed by atoms with van der Waals surface area (Å²) in [5.41, 5.74) is 1.88. The molecule has 0 spiro atoms. The van der Waals surface area contributed by atoms with Gasteiger partial charge in [0.2, 0.25) is 6.08 Å². The van der Waals surface area contributed by atoms with Crippen molar-refractivity contribution in [3.8, 4) is 0 Å². The Labute approximate surface area is 70.9 Å². The van der Waals surface area contributed by atoms with Crippen molar-refractivity contribution in [2.75, 3.05) is 0 Å². The molecule has 12 heavy (non-hydrogen) atoms. The maximum atomic E-state index is 9.98. The van der Waals surface area contributed by atoms with Crippen molar-refractivity contribution in [3.63, 3.8) is 0 Å². The van der Waals surface area contributed by atoms with Crippen LogP contribution in [0, 0.1) is 6.92 Å². The Morgan fingerprint density at radius 3 is 2.83 bits per heavy atom. The van der Waals surface area contributed by atoms with Crippen LogP contribution in [0.2, 0.25) is 0 Å². The van der Waals surface area contributed by atoms with Crippen LogP contribution in [-0.4, -0.2) is 15.9 Å². The van der Waals surface area contributed by atoms with E-state index >= 15 is 0 Å². The van der Waals surface area contributed by atoms with Crippen molar-refractivity contribution in [1.82, 2.24) is 9.78 Å². The first kappa shape index (κ1) is 8.68. The number of rotatable bonds is 2. The normalized spacial score (nSPS) is 12.2. The van der Waals surface area contributed by atoms with Gasteiger partial charge in [0, 0.05) is 13.2 Å². The number of aromatic nitrogens is 2. The van der Waals surface area contributed by atoms with E-state index in [2.05, 4.69) is 10.1 Å². The number of nitrogens with zero attached hydrogens (tertiary/aromatic N) is 3. The Bertz CT molecular complexity index is 323. The molecule has 1 unspecified atom stereocenters. The SMILES string of the molecule is Cc1cn(C)nc1C(C)N=C=O. The smallest absolute Gasteiger partial charge is 0.235 e. The monoisotopic (exact) mass is 165 g/mol. The van der Waals surface area contributed by atoms with Gasteiger partial charge in [-0.05, 0) is 19.4 Å². The molecule has 0 fully saturated rings. The van der Waals surface area contributed by atoms with Crippen LogP contribution in [0.1, 0.15) is 24.2 Å². The number of aliphatic imine (C=N–C) groups is 1. The lowest BCUT2D eigenvalue weighted by atomic mass is 10.2. The third-order valence-electron chi connectivity index (χ3n) is 1.69. The van der Waals surface area contributed by atoms with E-state index in [9.17, 15) is 4.79 Å². The van der Waals surface area contributed by atoms with Gasteiger partial charge in [0.25, 0.3) is 0 Å². The minimum atomic E-state index is -0.191. The quantitative estimate of drug-likeness (QED) is 0.487. The number of hydrogen-bond acceptors (Lipinski definition) is 3. The fourth-order valence-electron chi connectivity index (χ4n) is 1.18. The summed E-state index contributed by atoms with van der Waals surface area (Å²) in [5, 5.41) is 4.17. The fourth-order valence-corrected chi connectivity index (χ4v) is 1.18. The first-order chi connectivity index (χ1) is 5.65. The second-order valence-corrected chi connectivity index (χ2v) is 2.77. The Morgan fingerprint density at radius 1 is 1.75 bits per heavy atom. The van der Waals surface area contributed by atoms with Crippen molar-refractivity contribution in [2.45, 2.75) is 19.9 Å². The van der Waals surface area contributed by atoms with Crippen LogP contribution in [0.4, 0.5) is 0 Å². The van der Waals surface area contributed by atoms with Gasteiger partial charge in [-0.1, -0.05) is 0 Å². The zero-order chi connectivity index (χ0) is 9.14. The second-order valence-electron chi connectivity index (χ2n) is 2.77. The number of isocyanates is 1. The highest BCUT2D eigenvalue weighted by atomic mass is 16.1. The van der Waals surface area contributed by atoms with Crippen molar-refractivity contribution in [1.29, 1.82) is 0 Å². The molecule has 4 heteroatoms. The standard InChI is InChI=1S/C8H11N3O/c1-6-4-11(3)10-8(6)7(2)9-5-12/h4,7H,1-3H3. The van der Waals surface area contributed by atoms with Gasteiger partial charge in [0.15, 0.2) is 0 Å². The molecule has 0 saturated heterocycles. The summed E-state index contributed by atoms with van der Waals surface area (Å²) in [4.78, 5) is 13.6. The Morgan fingerprint density at radius 2 is 2.42 bits per heavy atom. The van der Waals surface area contributed by atoms with Crippen LogP contribution in [0.25, 0.3) is 0 Å². The van der Waals surface area contributed by atoms with Crippen LogP contribution in [-0.2, 0) is 11.8 Å². The summed E-state index contributed by atoms with van der Waals surface area (Å²) in [6, 6.07) is -0.191. The summed E-state index contributed by atoms with van der Waals surface area (Å²) in [5.74, 6) is 0. The van der Waals surface area contributed by atoms with Gasteiger partial charge < -0.3 is 0 Å². The topological polar surface area (TPSA) is 47.2 Å². The highest BCUT2D eigenvalue weighted by Crippen LogP contribution is 2.17. The summed E-state index contributed by atoms with van der Waals surface area (Å²) in [6.45, 7) is 3.76. The van der Waals surface area contributed by atoms with Gasteiger partial charge in [-0.25, -0.2) is 4.79 Å². The minimum Gasteiger partial charge on any atom is -0.275 e. The molecule has 0 radical (unpaired) electrons. The first-order valence-electron chi connectivity index (χ1n) is 3.72. The zero-order valence-corrected chi connectivity index (χ0v) is 7.40. The first-order valence-corrected chi connectivity index (χ1v) is 3.72.